The van der Waals surface area contributed by atoms with Gasteiger partial charge in [-0.25, -0.2) is 9.59 Å². The molecule has 0 heterocycles. The predicted octanol–water partition coefficient (Wildman–Crippen LogP) is 4.55. The Morgan fingerprint density at radius 2 is 1.60 bits per heavy atom. The molecule has 0 fully saturated rings. The van der Waals surface area contributed by atoms with E-state index in [9.17, 15) is 9.59 Å². The van der Waals surface area contributed by atoms with Gasteiger partial charge in [0.1, 0.15) is 0 Å². The van der Waals surface area contributed by atoms with Gasteiger partial charge in [-0.05, 0) is 62.1 Å². The third kappa shape index (κ3) is 5.90. The largest absolute Gasteiger partial charge is 0.333 e. The van der Waals surface area contributed by atoms with Crippen molar-refractivity contribution in [1.29, 1.82) is 0 Å². The van der Waals surface area contributed by atoms with E-state index in [1.54, 1.807) is 12.1 Å². The van der Waals surface area contributed by atoms with E-state index in [0.29, 0.717) is 5.69 Å². The first-order chi connectivity index (χ1) is 11.9. The Balaban J connectivity index is 1.95. The Morgan fingerprint density at radius 3 is 2.12 bits per heavy atom. The first kappa shape index (κ1) is 18.4. The number of amides is 2. The van der Waals surface area contributed by atoms with Gasteiger partial charge >= 0.3 is 6.03 Å². The molecule has 0 spiro atoms. The van der Waals surface area contributed by atoms with Crippen LogP contribution in [0.2, 0.25) is 0 Å². The van der Waals surface area contributed by atoms with Gasteiger partial charge in [0, 0.05) is 11.2 Å². The highest BCUT2D eigenvalue weighted by atomic mass is 16.2. The van der Waals surface area contributed by atoms with E-state index >= 15 is 0 Å². The number of carbonyl (C=O) groups is 1. The minimum absolute atomic E-state index is 0.203. The number of benzene rings is 2. The number of nitrogens with one attached hydrogen (secondary N) is 2. The molecule has 0 aliphatic heterocycles. The molecule has 5 nitrogen and oxygen atoms in total. The quantitative estimate of drug-likeness (QED) is 0.599. The zero-order valence-electron chi connectivity index (χ0n) is 14.8. The fourth-order valence-corrected chi connectivity index (χ4v) is 2.24. The number of hydrogen-bond donors (Lipinski definition) is 2. The maximum Gasteiger partial charge on any atom is 0.319 e. The van der Waals surface area contributed by atoms with Gasteiger partial charge in [-0.1, -0.05) is 31.2 Å². The van der Waals surface area contributed by atoms with Gasteiger partial charge < -0.3 is 10.6 Å². The lowest BCUT2D eigenvalue weighted by Gasteiger charge is -2.24. The van der Waals surface area contributed by atoms with Crippen molar-refractivity contribution in [3.05, 3.63) is 59.7 Å². The zero-order valence-corrected chi connectivity index (χ0v) is 14.8. The molecule has 2 aromatic carbocycles. The third-order valence-electron chi connectivity index (χ3n) is 4.07. The van der Waals surface area contributed by atoms with Crippen LogP contribution in [0, 0.1) is 0 Å². The molecule has 5 heteroatoms. The molecule has 0 aliphatic rings. The number of nitrogens with zero attached hydrogens (tertiary/aromatic N) is 1. The van der Waals surface area contributed by atoms with Crippen LogP contribution in [0.5, 0.6) is 0 Å². The highest BCUT2D eigenvalue weighted by Gasteiger charge is 2.17. The van der Waals surface area contributed by atoms with Crippen molar-refractivity contribution in [2.24, 2.45) is 4.99 Å². The zero-order chi connectivity index (χ0) is 18.3. The molecule has 2 rings (SSSR count). The molecular weight excluding hydrogens is 314 g/mol. The van der Waals surface area contributed by atoms with Gasteiger partial charge in [0.05, 0.1) is 5.69 Å². The number of anilines is 1. The molecular formula is C20H23N3O2. The van der Waals surface area contributed by atoms with Crippen molar-refractivity contribution in [2.75, 3.05) is 5.32 Å². The van der Waals surface area contributed by atoms with Gasteiger partial charge in [-0.3, -0.25) is 0 Å². The van der Waals surface area contributed by atoms with Crippen LogP contribution in [-0.4, -0.2) is 17.6 Å². The van der Waals surface area contributed by atoms with Crippen LogP contribution in [0.4, 0.5) is 16.2 Å². The fraction of sp³-hybridized carbons (Fsp3) is 0.300. The highest BCUT2D eigenvalue weighted by Crippen LogP contribution is 2.17. The molecule has 0 unspecified atom stereocenters. The molecule has 2 N–H and O–H groups in total. The molecule has 0 radical (unpaired) electrons. The standard InChI is InChI=1S/C20H23N3O2/c1-4-20(2,3)23-19(25)22-18-11-7-16(8-12-18)13-15-5-9-17(10-6-15)21-14-24/h5-12H,4,13H2,1-3H3,(H2,22,23,25). The van der Waals surface area contributed by atoms with E-state index in [2.05, 4.69) is 15.6 Å². The van der Waals surface area contributed by atoms with E-state index in [-0.39, 0.29) is 11.6 Å². The molecule has 0 aromatic heterocycles. The number of urea groups is 1. The lowest BCUT2D eigenvalue weighted by atomic mass is 10.0. The molecule has 0 aliphatic carbocycles. The molecule has 2 amide bonds. The summed E-state index contributed by atoms with van der Waals surface area (Å²) in [7, 11) is 0. The third-order valence-corrected chi connectivity index (χ3v) is 4.07. The van der Waals surface area contributed by atoms with Crippen LogP contribution in [0.1, 0.15) is 38.3 Å². The Morgan fingerprint density at radius 1 is 1.04 bits per heavy atom. The molecule has 0 saturated carbocycles. The summed E-state index contributed by atoms with van der Waals surface area (Å²) in [5.41, 5.74) is 3.37. The van der Waals surface area contributed by atoms with Crippen molar-refractivity contribution in [1.82, 2.24) is 5.32 Å². The first-order valence-corrected chi connectivity index (χ1v) is 8.27. The smallest absolute Gasteiger partial charge is 0.319 e. The van der Waals surface area contributed by atoms with E-state index in [1.165, 1.54) is 6.08 Å². The number of rotatable bonds is 6. The number of carbonyl (C=O) groups excluding carboxylic acids is 2. The summed E-state index contributed by atoms with van der Waals surface area (Å²) in [5, 5.41) is 5.78. The van der Waals surface area contributed by atoms with Crippen molar-refractivity contribution in [3.63, 3.8) is 0 Å². The lowest BCUT2D eigenvalue weighted by Crippen LogP contribution is -2.45. The minimum atomic E-state index is -0.232. The second-order valence-electron chi connectivity index (χ2n) is 6.56. The first-order valence-electron chi connectivity index (χ1n) is 8.27. The summed E-state index contributed by atoms with van der Waals surface area (Å²) in [5.74, 6) is 0. The average molecular weight is 337 g/mol. The lowest BCUT2D eigenvalue weighted by molar-refractivity contribution is 0.240. The summed E-state index contributed by atoms with van der Waals surface area (Å²) in [6.45, 7) is 6.01. The summed E-state index contributed by atoms with van der Waals surface area (Å²) in [4.78, 5) is 25.8. The molecule has 25 heavy (non-hydrogen) atoms. The predicted molar refractivity (Wildman–Crippen MR) is 100.0 cm³/mol. The molecule has 0 saturated heterocycles. The number of hydrogen-bond acceptors (Lipinski definition) is 3. The molecule has 2 aromatic rings. The van der Waals surface area contributed by atoms with Gasteiger partial charge in [0.2, 0.25) is 6.08 Å². The van der Waals surface area contributed by atoms with Crippen LogP contribution in [0.15, 0.2) is 53.5 Å². The summed E-state index contributed by atoms with van der Waals surface area (Å²) in [6.07, 6.45) is 3.15. The van der Waals surface area contributed by atoms with Crippen LogP contribution < -0.4 is 10.6 Å². The second kappa shape index (κ2) is 8.27. The monoisotopic (exact) mass is 337 g/mol. The molecule has 0 bridgehead atoms. The maximum atomic E-state index is 12.0. The van der Waals surface area contributed by atoms with Gasteiger partial charge in [0.15, 0.2) is 0 Å². The molecule has 130 valence electrons. The Labute approximate surface area is 148 Å². The van der Waals surface area contributed by atoms with Gasteiger partial charge in [0.25, 0.3) is 0 Å². The summed E-state index contributed by atoms with van der Waals surface area (Å²) in [6, 6.07) is 15.0. The Kier molecular flexibility index (Phi) is 6.09. The van der Waals surface area contributed by atoms with Crippen molar-refractivity contribution >= 4 is 23.5 Å². The summed E-state index contributed by atoms with van der Waals surface area (Å²) >= 11 is 0. The van der Waals surface area contributed by atoms with Gasteiger partial charge in [-0.15, -0.1) is 0 Å². The topological polar surface area (TPSA) is 70.6 Å². The average Bonchev–Trinajstić information content (AvgIpc) is 2.58. The van der Waals surface area contributed by atoms with Crippen LogP contribution in [0.25, 0.3) is 0 Å². The van der Waals surface area contributed by atoms with Crippen LogP contribution in [-0.2, 0) is 11.2 Å². The Bertz CT molecular complexity index is 759. The van der Waals surface area contributed by atoms with Crippen molar-refractivity contribution < 1.29 is 9.59 Å². The normalized spacial score (nSPS) is 10.7. The fourth-order valence-electron chi connectivity index (χ4n) is 2.24. The SMILES string of the molecule is CCC(C)(C)NC(=O)Nc1ccc(Cc2ccc(N=C=O)cc2)cc1. The van der Waals surface area contributed by atoms with Crippen molar-refractivity contribution in [3.8, 4) is 0 Å². The van der Waals surface area contributed by atoms with E-state index in [4.69, 9.17) is 0 Å². The van der Waals surface area contributed by atoms with Crippen molar-refractivity contribution in [2.45, 2.75) is 39.2 Å². The van der Waals surface area contributed by atoms with E-state index in [1.807, 2.05) is 57.2 Å². The highest BCUT2D eigenvalue weighted by molar-refractivity contribution is 5.89. The van der Waals surface area contributed by atoms with Crippen LogP contribution >= 0.6 is 0 Å². The second-order valence-corrected chi connectivity index (χ2v) is 6.56. The van der Waals surface area contributed by atoms with Gasteiger partial charge in [-0.2, -0.15) is 4.99 Å². The maximum absolute atomic E-state index is 12.0. The number of aliphatic imine (C=N–C) groups is 1. The number of isocyanates is 1. The summed E-state index contributed by atoms with van der Waals surface area (Å²) < 4.78 is 0. The molecule has 0 atom stereocenters. The minimum Gasteiger partial charge on any atom is -0.333 e. The Hall–Kier alpha value is -2.91. The van der Waals surface area contributed by atoms with E-state index < -0.39 is 0 Å². The van der Waals surface area contributed by atoms with E-state index in [0.717, 1.165) is 29.7 Å². The van der Waals surface area contributed by atoms with Crippen LogP contribution in [0.3, 0.4) is 0 Å².